The summed E-state index contributed by atoms with van der Waals surface area (Å²) in [6.45, 7) is 4.51. The minimum Gasteiger partial charge on any atom is -0.355 e. The summed E-state index contributed by atoms with van der Waals surface area (Å²) in [6, 6.07) is 6.39. The number of carbonyl (C=O) groups is 1. The van der Waals surface area contributed by atoms with E-state index in [9.17, 15) is 13.2 Å². The highest BCUT2D eigenvalue weighted by Gasteiger charge is 2.12. The van der Waals surface area contributed by atoms with E-state index in [1.54, 1.807) is 23.5 Å². The summed E-state index contributed by atoms with van der Waals surface area (Å²) >= 11 is 1.60. The fourth-order valence-electron chi connectivity index (χ4n) is 2.06. The zero-order chi connectivity index (χ0) is 17.0. The number of hydrogen-bond donors (Lipinski definition) is 1. The van der Waals surface area contributed by atoms with Gasteiger partial charge in [-0.1, -0.05) is 19.1 Å². The van der Waals surface area contributed by atoms with Gasteiger partial charge in [0.2, 0.25) is 5.91 Å². The van der Waals surface area contributed by atoms with Gasteiger partial charge in [-0.2, -0.15) is 0 Å². The lowest BCUT2D eigenvalue weighted by Gasteiger charge is -2.10. The van der Waals surface area contributed by atoms with Gasteiger partial charge in [0.15, 0.2) is 9.84 Å². The lowest BCUT2D eigenvalue weighted by molar-refractivity contribution is -0.120. The molecule has 1 N–H and O–H groups in total. The number of nitrogens with zero attached hydrogens (tertiary/aromatic N) is 1. The minimum absolute atomic E-state index is 0.0859. The van der Waals surface area contributed by atoms with Gasteiger partial charge in [-0.15, -0.1) is 11.3 Å². The first-order chi connectivity index (χ1) is 10.8. The maximum absolute atomic E-state index is 12.0. The predicted octanol–water partition coefficient (Wildman–Crippen LogP) is 2.32. The van der Waals surface area contributed by atoms with Crippen LogP contribution >= 0.6 is 11.3 Å². The molecule has 0 aliphatic carbocycles. The van der Waals surface area contributed by atoms with Crippen molar-refractivity contribution in [3.05, 3.63) is 45.9 Å². The molecular weight excluding hydrogens is 332 g/mol. The number of sulfone groups is 1. The zero-order valence-electron chi connectivity index (χ0n) is 13.4. The summed E-state index contributed by atoms with van der Waals surface area (Å²) in [5, 5.41) is 5.90. The van der Waals surface area contributed by atoms with E-state index in [1.165, 1.54) is 12.1 Å². The van der Waals surface area contributed by atoms with Gasteiger partial charge in [0, 0.05) is 29.8 Å². The first kappa shape index (κ1) is 17.6. The number of hydrogen-bond acceptors (Lipinski definition) is 5. The standard InChI is InChI=1S/C16H20N2O3S2/c1-11(16-18-12(2)10-22-16)9-17-15(19)8-13-4-6-14(7-5-13)23(3,20)21/h4-7,10-11H,8-9H2,1-3H3,(H,17,19)/t11-/m1/s1. The number of aryl methyl sites for hydroxylation is 1. The lowest BCUT2D eigenvalue weighted by Crippen LogP contribution is -2.28. The Bertz CT molecular complexity index is 780. The van der Waals surface area contributed by atoms with Crippen LogP contribution in [-0.4, -0.2) is 32.1 Å². The molecule has 0 aliphatic rings. The summed E-state index contributed by atoms with van der Waals surface area (Å²) in [5.41, 5.74) is 1.78. The normalized spacial score (nSPS) is 12.8. The van der Waals surface area contributed by atoms with Crippen LogP contribution in [0.25, 0.3) is 0 Å². The lowest BCUT2D eigenvalue weighted by atomic mass is 10.1. The molecule has 1 aromatic carbocycles. The minimum atomic E-state index is -3.20. The van der Waals surface area contributed by atoms with E-state index < -0.39 is 9.84 Å². The Morgan fingerprint density at radius 1 is 1.30 bits per heavy atom. The van der Waals surface area contributed by atoms with Crippen molar-refractivity contribution in [2.24, 2.45) is 0 Å². The van der Waals surface area contributed by atoms with Crippen molar-refractivity contribution in [1.82, 2.24) is 10.3 Å². The van der Waals surface area contributed by atoms with Gasteiger partial charge in [0.1, 0.15) is 0 Å². The molecule has 0 aliphatic heterocycles. The molecule has 23 heavy (non-hydrogen) atoms. The zero-order valence-corrected chi connectivity index (χ0v) is 15.0. The van der Waals surface area contributed by atoms with Crippen molar-refractivity contribution in [2.45, 2.75) is 31.1 Å². The van der Waals surface area contributed by atoms with Gasteiger partial charge in [-0.05, 0) is 24.6 Å². The van der Waals surface area contributed by atoms with Gasteiger partial charge >= 0.3 is 0 Å². The molecule has 1 heterocycles. The SMILES string of the molecule is Cc1csc([C@H](C)CNC(=O)Cc2ccc(S(C)(=O)=O)cc2)n1. The monoisotopic (exact) mass is 352 g/mol. The number of carbonyl (C=O) groups excluding carboxylic acids is 1. The Kier molecular flexibility index (Phi) is 5.54. The number of aromatic nitrogens is 1. The number of rotatable bonds is 6. The van der Waals surface area contributed by atoms with E-state index in [2.05, 4.69) is 10.3 Å². The van der Waals surface area contributed by atoms with Gasteiger partial charge in [-0.25, -0.2) is 13.4 Å². The molecular formula is C16H20N2O3S2. The molecule has 2 rings (SSSR count). The number of nitrogens with one attached hydrogen (secondary N) is 1. The Labute approximate surface area is 140 Å². The number of thiazole rings is 1. The average Bonchev–Trinajstić information content (AvgIpc) is 2.91. The van der Waals surface area contributed by atoms with Crippen LogP contribution in [0.4, 0.5) is 0 Å². The Morgan fingerprint density at radius 3 is 2.48 bits per heavy atom. The van der Waals surface area contributed by atoms with Gasteiger partial charge in [0.25, 0.3) is 0 Å². The van der Waals surface area contributed by atoms with E-state index >= 15 is 0 Å². The average molecular weight is 352 g/mol. The summed E-state index contributed by atoms with van der Waals surface area (Å²) in [4.78, 5) is 16.7. The van der Waals surface area contributed by atoms with Crippen molar-refractivity contribution < 1.29 is 13.2 Å². The molecule has 0 bridgehead atoms. The van der Waals surface area contributed by atoms with Crippen molar-refractivity contribution in [2.75, 3.05) is 12.8 Å². The van der Waals surface area contributed by atoms with E-state index in [4.69, 9.17) is 0 Å². The topological polar surface area (TPSA) is 76.1 Å². The summed E-state index contributed by atoms with van der Waals surface area (Å²) < 4.78 is 22.8. The van der Waals surface area contributed by atoms with Crippen molar-refractivity contribution in [3.8, 4) is 0 Å². The highest BCUT2D eigenvalue weighted by atomic mass is 32.2. The number of amides is 1. The molecule has 1 aromatic heterocycles. The molecule has 0 saturated heterocycles. The van der Waals surface area contributed by atoms with Gasteiger partial charge in [-0.3, -0.25) is 4.79 Å². The van der Waals surface area contributed by atoms with Crippen LogP contribution in [0.1, 0.15) is 29.1 Å². The predicted molar refractivity (Wildman–Crippen MR) is 91.5 cm³/mol. The largest absolute Gasteiger partial charge is 0.355 e. The number of benzene rings is 1. The van der Waals surface area contributed by atoms with E-state index in [1.807, 2.05) is 19.2 Å². The van der Waals surface area contributed by atoms with Crippen LogP contribution in [-0.2, 0) is 21.1 Å². The van der Waals surface area contributed by atoms with Gasteiger partial charge in [0.05, 0.1) is 16.3 Å². The summed E-state index contributed by atoms with van der Waals surface area (Å²) in [5.74, 6) is 0.0856. The second kappa shape index (κ2) is 7.23. The van der Waals surface area contributed by atoms with Crippen molar-refractivity contribution in [1.29, 1.82) is 0 Å². The van der Waals surface area contributed by atoms with Crippen molar-refractivity contribution in [3.63, 3.8) is 0 Å². The molecule has 0 saturated carbocycles. The molecule has 0 unspecified atom stereocenters. The van der Waals surface area contributed by atoms with Crippen molar-refractivity contribution >= 4 is 27.1 Å². The summed E-state index contributed by atoms with van der Waals surface area (Å²) in [7, 11) is -3.20. The molecule has 1 amide bonds. The quantitative estimate of drug-likeness (QED) is 0.865. The third-order valence-corrected chi connectivity index (χ3v) is 5.70. The maximum atomic E-state index is 12.0. The van der Waals surface area contributed by atoms with E-state index in [0.717, 1.165) is 22.5 Å². The summed E-state index contributed by atoms with van der Waals surface area (Å²) in [6.07, 6.45) is 1.39. The fourth-order valence-corrected chi connectivity index (χ4v) is 3.54. The molecule has 5 nitrogen and oxygen atoms in total. The molecule has 1 atom stereocenters. The molecule has 7 heteroatoms. The second-order valence-corrected chi connectivity index (χ2v) is 8.53. The highest BCUT2D eigenvalue weighted by molar-refractivity contribution is 7.90. The first-order valence-electron chi connectivity index (χ1n) is 7.23. The van der Waals surface area contributed by atoms with E-state index in [0.29, 0.717) is 6.54 Å². The Morgan fingerprint density at radius 2 is 1.96 bits per heavy atom. The van der Waals surface area contributed by atoms with Gasteiger partial charge < -0.3 is 5.32 Å². The smallest absolute Gasteiger partial charge is 0.224 e. The first-order valence-corrected chi connectivity index (χ1v) is 10.0. The molecule has 0 radical (unpaired) electrons. The maximum Gasteiger partial charge on any atom is 0.224 e. The van der Waals surface area contributed by atoms with Crippen LogP contribution in [0, 0.1) is 6.92 Å². The van der Waals surface area contributed by atoms with Crippen LogP contribution in [0.2, 0.25) is 0 Å². The van der Waals surface area contributed by atoms with Crippen LogP contribution < -0.4 is 5.32 Å². The van der Waals surface area contributed by atoms with E-state index in [-0.39, 0.29) is 23.1 Å². The molecule has 124 valence electrons. The van der Waals surface area contributed by atoms with Crippen LogP contribution in [0.3, 0.4) is 0 Å². The molecule has 0 fully saturated rings. The third-order valence-electron chi connectivity index (χ3n) is 3.38. The highest BCUT2D eigenvalue weighted by Crippen LogP contribution is 2.19. The van der Waals surface area contributed by atoms with Crippen LogP contribution in [0.5, 0.6) is 0 Å². The fraction of sp³-hybridized carbons (Fsp3) is 0.375. The third kappa shape index (κ3) is 5.14. The Balaban J connectivity index is 1.87. The Hall–Kier alpha value is -1.73. The molecule has 0 spiro atoms. The van der Waals surface area contributed by atoms with Crippen LogP contribution in [0.15, 0.2) is 34.5 Å². The second-order valence-electron chi connectivity index (χ2n) is 5.63. The molecule has 2 aromatic rings.